The molecule has 0 spiro atoms. The van der Waals surface area contributed by atoms with Gasteiger partial charge in [-0.15, -0.1) is 0 Å². The topological polar surface area (TPSA) is 31.4 Å². The highest BCUT2D eigenvalue weighted by Crippen LogP contribution is 2.22. The number of piperazine rings is 1. The normalized spacial score (nSPS) is 21.0. The molecule has 1 unspecified atom stereocenters. The number of hydrogen-bond donors (Lipinski definition) is 1. The molecule has 1 N–H and O–H groups in total. The fourth-order valence-corrected chi connectivity index (χ4v) is 4.05. The third-order valence-electron chi connectivity index (χ3n) is 5.41. The third kappa shape index (κ3) is 4.15. The summed E-state index contributed by atoms with van der Waals surface area (Å²) in [6, 6.07) is 11.6. The number of rotatable bonds is 4. The van der Waals surface area contributed by atoms with Crippen LogP contribution in [0.2, 0.25) is 0 Å². The molecule has 0 aliphatic carbocycles. The summed E-state index contributed by atoms with van der Waals surface area (Å²) in [5.74, 6) is -0.173. The van der Waals surface area contributed by atoms with Crippen LogP contribution in [0.5, 0.6) is 0 Å². The van der Waals surface area contributed by atoms with Gasteiger partial charge in [0.2, 0.25) is 0 Å². The number of nitrogens with zero attached hydrogens (tertiary/aromatic N) is 3. The number of hydrogen-bond acceptors (Lipinski definition) is 4. The molecule has 2 aliphatic rings. The van der Waals surface area contributed by atoms with Gasteiger partial charge < -0.3 is 15.1 Å². The van der Waals surface area contributed by atoms with E-state index in [2.05, 4.69) is 32.2 Å². The second-order valence-corrected chi connectivity index (χ2v) is 7.33. The summed E-state index contributed by atoms with van der Waals surface area (Å²) >= 11 is 0. The second kappa shape index (κ2) is 8.04. The predicted molar refractivity (Wildman–Crippen MR) is 104 cm³/mol. The first-order valence-corrected chi connectivity index (χ1v) is 9.72. The minimum Gasteiger partial charge on any atom is -0.371 e. The van der Waals surface area contributed by atoms with Gasteiger partial charge in [-0.1, -0.05) is 6.07 Å². The molecule has 1 atom stereocenters. The molecule has 0 radical (unpaired) electrons. The number of pyridine rings is 1. The fourth-order valence-electron chi connectivity index (χ4n) is 4.05. The molecule has 138 valence electrons. The highest BCUT2D eigenvalue weighted by molar-refractivity contribution is 5.48. The van der Waals surface area contributed by atoms with Crippen LogP contribution in [0.1, 0.15) is 25.0 Å². The Bertz CT molecular complexity index is 729. The van der Waals surface area contributed by atoms with Gasteiger partial charge in [-0.3, -0.25) is 4.98 Å². The van der Waals surface area contributed by atoms with Gasteiger partial charge in [-0.2, -0.15) is 0 Å². The zero-order valence-corrected chi connectivity index (χ0v) is 15.2. The number of anilines is 2. The molecular weight excluding hydrogens is 327 g/mol. The van der Waals surface area contributed by atoms with Crippen LogP contribution in [0.3, 0.4) is 0 Å². The molecule has 26 heavy (non-hydrogen) atoms. The van der Waals surface area contributed by atoms with E-state index in [0.717, 1.165) is 50.5 Å². The van der Waals surface area contributed by atoms with Crippen LogP contribution < -0.4 is 15.1 Å². The summed E-state index contributed by atoms with van der Waals surface area (Å²) in [6.07, 6.45) is 6.74. The SMILES string of the molecule is Fc1cccc(N2CCNC(Cc3cc(N4CCCCC4)ccn3)C2)c1. The average Bonchev–Trinajstić information content (AvgIpc) is 2.69. The zero-order chi connectivity index (χ0) is 17.8. The molecule has 0 amide bonds. The minimum atomic E-state index is -0.173. The molecule has 4 rings (SSSR count). The van der Waals surface area contributed by atoms with Crippen molar-refractivity contribution in [2.24, 2.45) is 0 Å². The monoisotopic (exact) mass is 354 g/mol. The van der Waals surface area contributed by atoms with Crippen molar-refractivity contribution >= 4 is 11.4 Å². The first-order chi connectivity index (χ1) is 12.8. The third-order valence-corrected chi connectivity index (χ3v) is 5.41. The molecule has 2 aromatic rings. The Labute approximate surface area is 155 Å². The number of nitrogens with one attached hydrogen (secondary N) is 1. The smallest absolute Gasteiger partial charge is 0.125 e. The Morgan fingerprint density at radius 2 is 1.85 bits per heavy atom. The van der Waals surface area contributed by atoms with Crippen molar-refractivity contribution in [2.75, 3.05) is 42.5 Å². The summed E-state index contributed by atoms with van der Waals surface area (Å²) in [5, 5.41) is 3.59. The lowest BCUT2D eigenvalue weighted by atomic mass is 10.1. The lowest BCUT2D eigenvalue weighted by Crippen LogP contribution is -2.51. The Morgan fingerprint density at radius 3 is 2.69 bits per heavy atom. The van der Waals surface area contributed by atoms with Crippen molar-refractivity contribution in [1.29, 1.82) is 0 Å². The molecule has 0 bridgehead atoms. The van der Waals surface area contributed by atoms with Gasteiger partial charge in [-0.05, 0) is 49.6 Å². The van der Waals surface area contributed by atoms with E-state index in [1.165, 1.54) is 31.0 Å². The van der Waals surface area contributed by atoms with Crippen molar-refractivity contribution < 1.29 is 4.39 Å². The van der Waals surface area contributed by atoms with Crippen molar-refractivity contribution in [2.45, 2.75) is 31.7 Å². The van der Waals surface area contributed by atoms with E-state index in [4.69, 9.17) is 0 Å². The van der Waals surface area contributed by atoms with Crippen LogP contribution in [0.15, 0.2) is 42.6 Å². The molecule has 0 saturated carbocycles. The molecule has 4 nitrogen and oxygen atoms in total. The average molecular weight is 354 g/mol. The zero-order valence-electron chi connectivity index (χ0n) is 15.2. The van der Waals surface area contributed by atoms with Gasteiger partial charge in [0, 0.05) is 68.5 Å². The predicted octanol–water partition coefficient (Wildman–Crippen LogP) is 3.23. The molecule has 2 saturated heterocycles. The summed E-state index contributed by atoms with van der Waals surface area (Å²) < 4.78 is 13.5. The quantitative estimate of drug-likeness (QED) is 0.913. The van der Waals surface area contributed by atoms with Crippen molar-refractivity contribution in [3.63, 3.8) is 0 Å². The minimum absolute atomic E-state index is 0.173. The summed E-state index contributed by atoms with van der Waals surface area (Å²) in [7, 11) is 0. The first-order valence-electron chi connectivity index (χ1n) is 9.72. The van der Waals surface area contributed by atoms with Crippen LogP contribution >= 0.6 is 0 Å². The van der Waals surface area contributed by atoms with Crippen molar-refractivity contribution in [3.8, 4) is 0 Å². The van der Waals surface area contributed by atoms with Crippen molar-refractivity contribution in [1.82, 2.24) is 10.3 Å². The van der Waals surface area contributed by atoms with E-state index in [1.54, 1.807) is 12.1 Å². The maximum Gasteiger partial charge on any atom is 0.125 e. The second-order valence-electron chi connectivity index (χ2n) is 7.33. The van der Waals surface area contributed by atoms with E-state index in [1.807, 2.05) is 12.3 Å². The number of aromatic nitrogens is 1. The summed E-state index contributed by atoms with van der Waals surface area (Å²) in [4.78, 5) is 9.33. The summed E-state index contributed by atoms with van der Waals surface area (Å²) in [5.41, 5.74) is 3.39. The number of halogens is 1. The van der Waals surface area contributed by atoms with E-state index in [9.17, 15) is 4.39 Å². The highest BCUT2D eigenvalue weighted by atomic mass is 19.1. The van der Waals surface area contributed by atoms with Gasteiger partial charge >= 0.3 is 0 Å². The van der Waals surface area contributed by atoms with E-state index in [-0.39, 0.29) is 5.82 Å². The lowest BCUT2D eigenvalue weighted by Gasteiger charge is -2.35. The number of piperidine rings is 1. The lowest BCUT2D eigenvalue weighted by molar-refractivity contribution is 0.451. The fraction of sp³-hybridized carbons (Fsp3) is 0.476. The van der Waals surface area contributed by atoms with Crippen LogP contribution in [0.4, 0.5) is 15.8 Å². The maximum atomic E-state index is 13.5. The van der Waals surface area contributed by atoms with Crippen LogP contribution in [0.25, 0.3) is 0 Å². The van der Waals surface area contributed by atoms with E-state index < -0.39 is 0 Å². The maximum absolute atomic E-state index is 13.5. The van der Waals surface area contributed by atoms with Crippen molar-refractivity contribution in [3.05, 3.63) is 54.1 Å². The standard InChI is InChI=1S/C21H27FN4/c22-17-5-4-6-20(13-17)26-12-9-24-19(16-26)14-18-15-21(7-8-23-18)25-10-2-1-3-11-25/h4-8,13,15,19,24H,1-3,9-12,14,16H2. The van der Waals surface area contributed by atoms with Gasteiger partial charge in [-0.25, -0.2) is 4.39 Å². The van der Waals surface area contributed by atoms with Gasteiger partial charge in [0.15, 0.2) is 0 Å². The van der Waals surface area contributed by atoms with Gasteiger partial charge in [0.25, 0.3) is 0 Å². The Kier molecular flexibility index (Phi) is 5.34. The first kappa shape index (κ1) is 17.3. The molecule has 2 aliphatic heterocycles. The van der Waals surface area contributed by atoms with Gasteiger partial charge in [0.05, 0.1) is 0 Å². The Balaban J connectivity index is 1.42. The molecular formula is C21H27FN4. The van der Waals surface area contributed by atoms with Crippen LogP contribution in [-0.2, 0) is 6.42 Å². The molecule has 5 heteroatoms. The van der Waals surface area contributed by atoms with E-state index >= 15 is 0 Å². The highest BCUT2D eigenvalue weighted by Gasteiger charge is 2.21. The largest absolute Gasteiger partial charge is 0.371 e. The molecule has 2 fully saturated rings. The van der Waals surface area contributed by atoms with E-state index in [0.29, 0.717) is 6.04 Å². The number of benzene rings is 1. The Morgan fingerprint density at radius 1 is 1.00 bits per heavy atom. The van der Waals surface area contributed by atoms with Gasteiger partial charge in [0.1, 0.15) is 5.82 Å². The molecule has 1 aromatic carbocycles. The molecule has 3 heterocycles. The van der Waals surface area contributed by atoms with Crippen LogP contribution in [-0.4, -0.2) is 43.7 Å². The molecule has 1 aromatic heterocycles. The van der Waals surface area contributed by atoms with Crippen LogP contribution in [0, 0.1) is 5.82 Å². The summed E-state index contributed by atoms with van der Waals surface area (Å²) in [6.45, 7) is 4.99. The Hall–Kier alpha value is -2.14.